The maximum atomic E-state index is 5.61. The first kappa shape index (κ1) is 12.2. The maximum absolute atomic E-state index is 5.61. The molecule has 3 nitrogen and oxygen atoms in total. The lowest BCUT2D eigenvalue weighted by molar-refractivity contribution is 0.0909. The van der Waals surface area contributed by atoms with Crippen molar-refractivity contribution in [2.45, 2.75) is 46.8 Å². The van der Waals surface area contributed by atoms with E-state index in [4.69, 9.17) is 4.74 Å². The third-order valence-corrected chi connectivity index (χ3v) is 2.46. The lowest BCUT2D eigenvalue weighted by atomic mass is 10.2. The average Bonchev–Trinajstić information content (AvgIpc) is 2.64. The Hall–Kier alpha value is -0.830. The topological polar surface area (TPSA) is 27.1 Å². The fraction of sp³-hybridized carbons (Fsp3) is 0.750. The van der Waals surface area contributed by atoms with Crippen LogP contribution in [0.4, 0.5) is 0 Å². The molecular weight excluding hydrogens is 188 g/mol. The molecule has 1 heterocycles. The number of nitrogens with zero attached hydrogens (tertiary/aromatic N) is 2. The molecule has 3 heteroatoms. The number of aromatic nitrogens is 2. The predicted molar refractivity (Wildman–Crippen MR) is 61.7 cm³/mol. The molecule has 0 saturated heterocycles. The summed E-state index contributed by atoms with van der Waals surface area (Å²) in [6, 6.07) is 2.49. The Morgan fingerprint density at radius 2 is 2.13 bits per heavy atom. The highest BCUT2D eigenvalue weighted by atomic mass is 16.5. The molecule has 1 aromatic rings. The monoisotopic (exact) mass is 210 g/mol. The zero-order valence-corrected chi connectivity index (χ0v) is 10.2. The molecule has 1 unspecified atom stereocenters. The predicted octanol–water partition coefficient (Wildman–Crippen LogP) is 3.03. The third kappa shape index (κ3) is 3.67. The van der Waals surface area contributed by atoms with E-state index in [1.54, 1.807) is 0 Å². The van der Waals surface area contributed by atoms with E-state index in [9.17, 15) is 0 Å². The summed E-state index contributed by atoms with van der Waals surface area (Å²) in [5, 5.41) is 4.32. The fourth-order valence-electron chi connectivity index (χ4n) is 1.42. The van der Waals surface area contributed by atoms with Crippen LogP contribution in [0.1, 0.15) is 45.9 Å². The molecule has 0 N–H and O–H groups in total. The van der Waals surface area contributed by atoms with Crippen LogP contribution in [0.3, 0.4) is 0 Å². The molecule has 0 aliphatic rings. The van der Waals surface area contributed by atoms with E-state index in [-0.39, 0.29) is 0 Å². The minimum atomic E-state index is 0.456. The van der Waals surface area contributed by atoms with E-state index < -0.39 is 0 Å². The molecule has 0 bridgehead atoms. The van der Waals surface area contributed by atoms with Crippen LogP contribution in [0.5, 0.6) is 0 Å². The highest BCUT2D eigenvalue weighted by Crippen LogP contribution is 2.13. The second kappa shape index (κ2) is 5.91. The van der Waals surface area contributed by atoms with Crippen LogP contribution >= 0.6 is 0 Å². The smallest absolute Gasteiger partial charge is 0.0885 e. The molecule has 0 amide bonds. The van der Waals surface area contributed by atoms with Crippen molar-refractivity contribution in [3.8, 4) is 0 Å². The molecule has 15 heavy (non-hydrogen) atoms. The fourth-order valence-corrected chi connectivity index (χ4v) is 1.42. The van der Waals surface area contributed by atoms with Crippen molar-refractivity contribution in [2.24, 2.45) is 5.92 Å². The largest absolute Gasteiger partial charge is 0.375 e. The zero-order chi connectivity index (χ0) is 11.3. The van der Waals surface area contributed by atoms with E-state index in [0.29, 0.717) is 18.6 Å². The van der Waals surface area contributed by atoms with Crippen LogP contribution in [-0.2, 0) is 11.3 Å². The first-order chi connectivity index (χ1) is 7.15. The summed E-state index contributed by atoms with van der Waals surface area (Å²) >= 11 is 0. The third-order valence-electron chi connectivity index (χ3n) is 2.46. The average molecular weight is 210 g/mol. The van der Waals surface area contributed by atoms with Gasteiger partial charge in [0.2, 0.25) is 0 Å². The summed E-state index contributed by atoms with van der Waals surface area (Å²) in [6.07, 6.45) is 2.94. The SMILES string of the molecule is CCC(C)n1nccc1COCC(C)C. The Bertz CT molecular complexity index is 281. The van der Waals surface area contributed by atoms with Gasteiger partial charge in [-0.25, -0.2) is 0 Å². The van der Waals surface area contributed by atoms with Crippen LogP contribution < -0.4 is 0 Å². The summed E-state index contributed by atoms with van der Waals surface area (Å²) < 4.78 is 7.67. The maximum Gasteiger partial charge on any atom is 0.0885 e. The van der Waals surface area contributed by atoms with Crippen molar-refractivity contribution >= 4 is 0 Å². The van der Waals surface area contributed by atoms with Crippen LogP contribution in [0.25, 0.3) is 0 Å². The van der Waals surface area contributed by atoms with Gasteiger partial charge in [0, 0.05) is 18.8 Å². The quantitative estimate of drug-likeness (QED) is 0.721. The molecule has 1 rings (SSSR count). The van der Waals surface area contributed by atoms with E-state index in [0.717, 1.165) is 13.0 Å². The van der Waals surface area contributed by atoms with Crippen molar-refractivity contribution in [1.29, 1.82) is 0 Å². The molecule has 1 aromatic heterocycles. The lowest BCUT2D eigenvalue weighted by Gasteiger charge is -2.14. The Labute approximate surface area is 92.4 Å². The Morgan fingerprint density at radius 1 is 1.40 bits per heavy atom. The zero-order valence-electron chi connectivity index (χ0n) is 10.2. The van der Waals surface area contributed by atoms with Gasteiger partial charge in [0.1, 0.15) is 0 Å². The standard InChI is InChI=1S/C12H22N2O/c1-5-11(4)14-12(6-7-13-14)9-15-8-10(2)3/h6-7,10-11H,5,8-9H2,1-4H3. The van der Waals surface area contributed by atoms with Crippen molar-refractivity contribution in [3.05, 3.63) is 18.0 Å². The molecule has 86 valence electrons. The normalized spacial score (nSPS) is 13.4. The number of rotatable bonds is 6. The van der Waals surface area contributed by atoms with Gasteiger partial charge in [-0.1, -0.05) is 20.8 Å². The van der Waals surface area contributed by atoms with Crippen molar-refractivity contribution < 1.29 is 4.74 Å². The van der Waals surface area contributed by atoms with Crippen LogP contribution in [0, 0.1) is 5.92 Å². The van der Waals surface area contributed by atoms with Crippen LogP contribution in [-0.4, -0.2) is 16.4 Å². The second-order valence-corrected chi connectivity index (χ2v) is 4.43. The van der Waals surface area contributed by atoms with Gasteiger partial charge in [0.05, 0.1) is 12.3 Å². The molecule has 0 spiro atoms. The van der Waals surface area contributed by atoms with Crippen LogP contribution in [0.15, 0.2) is 12.3 Å². The van der Waals surface area contributed by atoms with E-state index >= 15 is 0 Å². The molecule has 0 fully saturated rings. The lowest BCUT2D eigenvalue weighted by Crippen LogP contribution is -2.11. The molecule has 0 radical (unpaired) electrons. The van der Waals surface area contributed by atoms with Gasteiger partial charge in [-0.05, 0) is 25.3 Å². The van der Waals surface area contributed by atoms with Crippen molar-refractivity contribution in [1.82, 2.24) is 9.78 Å². The molecule has 0 saturated carbocycles. The summed E-state index contributed by atoms with van der Waals surface area (Å²) in [7, 11) is 0. The number of ether oxygens (including phenoxy) is 1. The highest BCUT2D eigenvalue weighted by molar-refractivity contribution is 5.00. The minimum absolute atomic E-state index is 0.456. The van der Waals surface area contributed by atoms with Crippen molar-refractivity contribution in [2.75, 3.05) is 6.61 Å². The first-order valence-corrected chi connectivity index (χ1v) is 5.75. The molecular formula is C12H22N2O. The summed E-state index contributed by atoms with van der Waals surface area (Å²) in [5.74, 6) is 0.588. The highest BCUT2D eigenvalue weighted by Gasteiger charge is 2.08. The van der Waals surface area contributed by atoms with Gasteiger partial charge in [0.15, 0.2) is 0 Å². The van der Waals surface area contributed by atoms with Crippen LogP contribution in [0.2, 0.25) is 0 Å². The number of hydrogen-bond acceptors (Lipinski definition) is 2. The molecule has 0 aromatic carbocycles. The molecule has 1 atom stereocenters. The Morgan fingerprint density at radius 3 is 2.73 bits per heavy atom. The Balaban J connectivity index is 2.50. The van der Waals surface area contributed by atoms with Crippen molar-refractivity contribution in [3.63, 3.8) is 0 Å². The van der Waals surface area contributed by atoms with Gasteiger partial charge in [-0.3, -0.25) is 4.68 Å². The molecule has 0 aliphatic heterocycles. The Kier molecular flexibility index (Phi) is 4.82. The minimum Gasteiger partial charge on any atom is -0.375 e. The first-order valence-electron chi connectivity index (χ1n) is 5.75. The van der Waals surface area contributed by atoms with Gasteiger partial charge in [-0.2, -0.15) is 5.10 Å². The summed E-state index contributed by atoms with van der Waals surface area (Å²) in [5.41, 5.74) is 1.17. The van der Waals surface area contributed by atoms with E-state index in [1.807, 2.05) is 12.3 Å². The van der Waals surface area contributed by atoms with Gasteiger partial charge < -0.3 is 4.74 Å². The summed E-state index contributed by atoms with van der Waals surface area (Å²) in [6.45, 7) is 10.1. The summed E-state index contributed by atoms with van der Waals surface area (Å²) in [4.78, 5) is 0. The second-order valence-electron chi connectivity index (χ2n) is 4.43. The van der Waals surface area contributed by atoms with Gasteiger partial charge >= 0.3 is 0 Å². The number of hydrogen-bond donors (Lipinski definition) is 0. The van der Waals surface area contributed by atoms with Gasteiger partial charge in [-0.15, -0.1) is 0 Å². The van der Waals surface area contributed by atoms with E-state index in [1.165, 1.54) is 5.69 Å². The van der Waals surface area contributed by atoms with E-state index in [2.05, 4.69) is 37.5 Å². The van der Waals surface area contributed by atoms with Gasteiger partial charge in [0.25, 0.3) is 0 Å². The molecule has 0 aliphatic carbocycles.